The molecule has 1 aromatic carbocycles. The topological polar surface area (TPSA) is 21.3 Å². The van der Waals surface area contributed by atoms with Gasteiger partial charge in [-0.3, -0.25) is 5.32 Å². The number of ether oxygens (including phenoxy) is 1. The molecule has 70 valence electrons. The van der Waals surface area contributed by atoms with Crippen LogP contribution in [-0.2, 0) is 4.74 Å². The fraction of sp³-hybridized carbons (Fsp3) is 0.455. The summed E-state index contributed by atoms with van der Waals surface area (Å²) in [4.78, 5) is 0. The van der Waals surface area contributed by atoms with Gasteiger partial charge in [-0.2, -0.15) is 0 Å². The van der Waals surface area contributed by atoms with Gasteiger partial charge in [0.15, 0.2) is 0 Å². The first-order valence-electron chi connectivity index (χ1n) is 4.68. The van der Waals surface area contributed by atoms with Crippen LogP contribution in [0.4, 0.5) is 0 Å². The molecule has 0 saturated carbocycles. The van der Waals surface area contributed by atoms with Crippen LogP contribution in [0.5, 0.6) is 0 Å². The minimum absolute atomic E-state index is 0.0763. The second-order valence-corrected chi connectivity index (χ2v) is 3.55. The summed E-state index contributed by atoms with van der Waals surface area (Å²) in [5.74, 6) is 0.586. The normalized spacial score (nSPS) is 26.9. The van der Waals surface area contributed by atoms with Crippen LogP contribution in [0.2, 0.25) is 0 Å². The van der Waals surface area contributed by atoms with Crippen molar-refractivity contribution in [2.75, 3.05) is 13.7 Å². The molecule has 0 aliphatic carbocycles. The molecule has 2 atom stereocenters. The fourth-order valence-electron chi connectivity index (χ4n) is 1.91. The van der Waals surface area contributed by atoms with Crippen LogP contribution in [-0.4, -0.2) is 13.7 Å². The molecule has 0 aromatic heterocycles. The van der Waals surface area contributed by atoms with Crippen molar-refractivity contribution >= 4 is 0 Å². The van der Waals surface area contributed by atoms with Gasteiger partial charge >= 0.3 is 0 Å². The summed E-state index contributed by atoms with van der Waals surface area (Å²) in [6, 6.07) is 8.47. The van der Waals surface area contributed by atoms with Crippen LogP contribution >= 0.6 is 0 Å². The third-order valence-corrected chi connectivity index (χ3v) is 2.65. The Morgan fingerprint density at radius 1 is 1.31 bits per heavy atom. The van der Waals surface area contributed by atoms with Crippen molar-refractivity contribution in [3.63, 3.8) is 0 Å². The average molecular weight is 177 g/mol. The molecular weight excluding hydrogens is 162 g/mol. The minimum Gasteiger partial charge on any atom is -0.362 e. The van der Waals surface area contributed by atoms with E-state index in [2.05, 4.69) is 36.5 Å². The van der Waals surface area contributed by atoms with E-state index in [-0.39, 0.29) is 6.23 Å². The number of hydrogen-bond acceptors (Lipinski definition) is 2. The molecule has 2 nitrogen and oxygen atoms in total. The highest BCUT2D eigenvalue weighted by Crippen LogP contribution is 2.29. The van der Waals surface area contributed by atoms with E-state index in [1.54, 1.807) is 7.11 Å². The number of methoxy groups -OCH3 is 1. The molecule has 0 saturated heterocycles. The van der Waals surface area contributed by atoms with Gasteiger partial charge < -0.3 is 4.74 Å². The van der Waals surface area contributed by atoms with Crippen LogP contribution in [0.1, 0.15) is 30.2 Å². The molecule has 2 rings (SSSR count). The number of rotatable bonds is 1. The van der Waals surface area contributed by atoms with Crippen molar-refractivity contribution in [1.29, 1.82) is 0 Å². The molecule has 1 heterocycles. The van der Waals surface area contributed by atoms with Gasteiger partial charge in [-0.1, -0.05) is 31.2 Å². The Morgan fingerprint density at radius 2 is 2.00 bits per heavy atom. The number of benzene rings is 1. The predicted molar refractivity (Wildman–Crippen MR) is 52.6 cm³/mol. The summed E-state index contributed by atoms with van der Waals surface area (Å²) in [5.41, 5.74) is 2.69. The predicted octanol–water partition coefficient (Wildman–Crippen LogP) is 2.04. The van der Waals surface area contributed by atoms with E-state index in [0.717, 1.165) is 6.54 Å². The number of fused-ring (bicyclic) bond motifs is 1. The molecule has 1 aliphatic heterocycles. The average Bonchev–Trinajstić information content (AvgIpc) is 2.19. The monoisotopic (exact) mass is 177 g/mol. The molecule has 0 spiro atoms. The molecule has 0 fully saturated rings. The first-order valence-corrected chi connectivity index (χ1v) is 4.68. The molecular formula is C11H15NO. The standard InChI is InChI=1S/C11H15NO/c1-8-7-12-11(13-2)10-6-4-3-5-9(8)10/h3-6,8,11-12H,7H2,1-2H3. The Labute approximate surface area is 78.9 Å². The molecule has 2 unspecified atom stereocenters. The smallest absolute Gasteiger partial charge is 0.134 e. The first kappa shape index (κ1) is 8.73. The Morgan fingerprint density at radius 3 is 2.69 bits per heavy atom. The third-order valence-electron chi connectivity index (χ3n) is 2.65. The molecule has 0 amide bonds. The van der Waals surface area contributed by atoms with Crippen molar-refractivity contribution in [3.05, 3.63) is 35.4 Å². The lowest BCUT2D eigenvalue weighted by Gasteiger charge is -2.29. The summed E-state index contributed by atoms with van der Waals surface area (Å²) in [5, 5.41) is 3.35. The van der Waals surface area contributed by atoms with Crippen LogP contribution in [0.15, 0.2) is 24.3 Å². The Hall–Kier alpha value is -0.860. The quantitative estimate of drug-likeness (QED) is 0.708. The second-order valence-electron chi connectivity index (χ2n) is 3.55. The molecule has 1 aromatic rings. The molecule has 2 heteroatoms. The first-order chi connectivity index (χ1) is 6.33. The van der Waals surface area contributed by atoms with E-state index in [0.29, 0.717) is 5.92 Å². The van der Waals surface area contributed by atoms with E-state index in [1.165, 1.54) is 11.1 Å². The van der Waals surface area contributed by atoms with E-state index >= 15 is 0 Å². The fourth-order valence-corrected chi connectivity index (χ4v) is 1.91. The van der Waals surface area contributed by atoms with Crippen LogP contribution < -0.4 is 5.32 Å². The van der Waals surface area contributed by atoms with Gasteiger partial charge in [0.2, 0.25) is 0 Å². The Kier molecular flexibility index (Phi) is 2.34. The Bertz CT molecular complexity index is 298. The van der Waals surface area contributed by atoms with Crippen molar-refractivity contribution in [2.45, 2.75) is 19.1 Å². The molecule has 1 aliphatic rings. The largest absolute Gasteiger partial charge is 0.362 e. The maximum atomic E-state index is 5.35. The number of hydrogen-bond donors (Lipinski definition) is 1. The lowest BCUT2D eigenvalue weighted by Crippen LogP contribution is -2.32. The SMILES string of the molecule is COC1NCC(C)c2ccccc21. The van der Waals surface area contributed by atoms with E-state index in [9.17, 15) is 0 Å². The summed E-state index contributed by atoms with van der Waals surface area (Å²) < 4.78 is 5.35. The second kappa shape index (κ2) is 3.48. The van der Waals surface area contributed by atoms with Crippen molar-refractivity contribution in [1.82, 2.24) is 5.32 Å². The highest BCUT2D eigenvalue weighted by molar-refractivity contribution is 5.33. The van der Waals surface area contributed by atoms with Crippen molar-refractivity contribution in [3.8, 4) is 0 Å². The van der Waals surface area contributed by atoms with E-state index in [1.807, 2.05) is 0 Å². The summed E-state index contributed by atoms with van der Waals surface area (Å²) in [7, 11) is 1.74. The lowest BCUT2D eigenvalue weighted by atomic mass is 9.91. The maximum absolute atomic E-state index is 5.35. The lowest BCUT2D eigenvalue weighted by molar-refractivity contribution is 0.0656. The van der Waals surface area contributed by atoms with Gasteiger partial charge in [0.05, 0.1) is 0 Å². The molecule has 13 heavy (non-hydrogen) atoms. The zero-order valence-electron chi connectivity index (χ0n) is 8.08. The van der Waals surface area contributed by atoms with Crippen LogP contribution in [0.25, 0.3) is 0 Å². The van der Waals surface area contributed by atoms with Crippen molar-refractivity contribution in [2.24, 2.45) is 0 Å². The minimum atomic E-state index is 0.0763. The van der Waals surface area contributed by atoms with Crippen molar-refractivity contribution < 1.29 is 4.74 Å². The van der Waals surface area contributed by atoms with Gasteiger partial charge in [0, 0.05) is 13.7 Å². The molecule has 0 radical (unpaired) electrons. The van der Waals surface area contributed by atoms with Crippen LogP contribution in [0, 0.1) is 0 Å². The van der Waals surface area contributed by atoms with Gasteiger partial charge in [-0.15, -0.1) is 0 Å². The molecule has 0 bridgehead atoms. The van der Waals surface area contributed by atoms with Gasteiger partial charge in [0.1, 0.15) is 6.23 Å². The van der Waals surface area contributed by atoms with Gasteiger partial charge in [-0.05, 0) is 17.0 Å². The van der Waals surface area contributed by atoms with E-state index < -0.39 is 0 Å². The zero-order valence-corrected chi connectivity index (χ0v) is 8.08. The summed E-state index contributed by atoms with van der Waals surface area (Å²) in [6.07, 6.45) is 0.0763. The highest BCUT2D eigenvalue weighted by atomic mass is 16.5. The maximum Gasteiger partial charge on any atom is 0.134 e. The van der Waals surface area contributed by atoms with Gasteiger partial charge in [-0.25, -0.2) is 0 Å². The zero-order chi connectivity index (χ0) is 9.26. The van der Waals surface area contributed by atoms with E-state index in [4.69, 9.17) is 4.74 Å². The number of nitrogens with one attached hydrogen (secondary N) is 1. The van der Waals surface area contributed by atoms with Gasteiger partial charge in [0.25, 0.3) is 0 Å². The Balaban J connectivity index is 2.42. The molecule has 1 N–H and O–H groups in total. The highest BCUT2D eigenvalue weighted by Gasteiger charge is 2.22. The van der Waals surface area contributed by atoms with Crippen LogP contribution in [0.3, 0.4) is 0 Å². The summed E-state index contributed by atoms with van der Waals surface area (Å²) in [6.45, 7) is 3.23. The summed E-state index contributed by atoms with van der Waals surface area (Å²) >= 11 is 0. The third kappa shape index (κ3) is 1.47.